The van der Waals surface area contributed by atoms with Crippen LogP contribution in [-0.4, -0.2) is 23.1 Å². The number of hydrogen-bond acceptors (Lipinski definition) is 3. The van der Waals surface area contributed by atoms with Gasteiger partial charge in [0.15, 0.2) is 5.82 Å². The van der Waals surface area contributed by atoms with Gasteiger partial charge in [-0.25, -0.2) is 14.4 Å². The molecule has 1 N–H and O–H groups in total. The Hall–Kier alpha value is -1.03. The summed E-state index contributed by atoms with van der Waals surface area (Å²) in [6, 6.07) is 0. The lowest BCUT2D eigenvalue weighted by Crippen LogP contribution is -2.27. The largest absolute Gasteiger partial charge is 0.317 e. The van der Waals surface area contributed by atoms with Crippen LogP contribution in [0.25, 0.3) is 0 Å². The predicted octanol–water partition coefficient (Wildman–Crippen LogP) is 1.08. The first kappa shape index (κ1) is 8.56. The van der Waals surface area contributed by atoms with E-state index in [9.17, 15) is 4.39 Å². The summed E-state index contributed by atoms with van der Waals surface area (Å²) in [5, 5.41) is 3.24. The second-order valence-electron chi connectivity index (χ2n) is 3.28. The highest BCUT2D eigenvalue weighted by Gasteiger charge is 2.19. The average molecular weight is 181 g/mol. The van der Waals surface area contributed by atoms with Gasteiger partial charge in [0.05, 0.1) is 11.9 Å². The maximum Gasteiger partial charge on any atom is 0.163 e. The molecule has 13 heavy (non-hydrogen) atoms. The Labute approximate surface area is 76.4 Å². The molecule has 4 heteroatoms. The number of aromatic nitrogens is 2. The lowest BCUT2D eigenvalue weighted by molar-refractivity contribution is 0.434. The van der Waals surface area contributed by atoms with E-state index in [1.807, 2.05) is 0 Å². The van der Waals surface area contributed by atoms with Gasteiger partial charge < -0.3 is 5.32 Å². The number of nitrogens with zero attached hydrogens (tertiary/aromatic N) is 2. The first-order chi connectivity index (χ1) is 6.38. The van der Waals surface area contributed by atoms with Crippen LogP contribution in [0.3, 0.4) is 0 Å². The summed E-state index contributed by atoms with van der Waals surface area (Å²) >= 11 is 0. The zero-order valence-corrected chi connectivity index (χ0v) is 7.33. The van der Waals surface area contributed by atoms with E-state index in [0.29, 0.717) is 5.69 Å². The number of halogens is 1. The fourth-order valence-corrected chi connectivity index (χ4v) is 1.72. The molecule has 0 unspecified atom stereocenters. The fourth-order valence-electron chi connectivity index (χ4n) is 1.72. The molecule has 0 radical (unpaired) electrons. The minimum Gasteiger partial charge on any atom is -0.317 e. The van der Waals surface area contributed by atoms with Crippen LogP contribution in [0.4, 0.5) is 4.39 Å². The highest BCUT2D eigenvalue weighted by Crippen LogP contribution is 2.24. The van der Waals surface area contributed by atoms with Crippen molar-refractivity contribution in [3.63, 3.8) is 0 Å². The van der Waals surface area contributed by atoms with Gasteiger partial charge >= 0.3 is 0 Å². The van der Waals surface area contributed by atoms with Gasteiger partial charge in [-0.3, -0.25) is 0 Å². The topological polar surface area (TPSA) is 37.8 Å². The molecule has 1 saturated heterocycles. The van der Waals surface area contributed by atoms with Crippen LogP contribution >= 0.6 is 0 Å². The van der Waals surface area contributed by atoms with Crippen molar-refractivity contribution in [2.24, 2.45) is 0 Å². The third-order valence-electron chi connectivity index (χ3n) is 2.42. The number of hydrogen-bond donors (Lipinski definition) is 1. The summed E-state index contributed by atoms with van der Waals surface area (Å²) in [6.07, 6.45) is 4.59. The molecule has 0 aromatic carbocycles. The first-order valence-electron chi connectivity index (χ1n) is 4.54. The molecule has 0 atom stereocenters. The molecule has 0 spiro atoms. The van der Waals surface area contributed by atoms with Crippen molar-refractivity contribution >= 4 is 0 Å². The van der Waals surface area contributed by atoms with Crippen LogP contribution in [0.2, 0.25) is 0 Å². The zero-order chi connectivity index (χ0) is 9.10. The summed E-state index contributed by atoms with van der Waals surface area (Å²) in [4.78, 5) is 7.63. The lowest BCUT2D eigenvalue weighted by Gasteiger charge is -2.21. The van der Waals surface area contributed by atoms with Crippen molar-refractivity contribution in [3.8, 4) is 0 Å². The van der Waals surface area contributed by atoms with Gasteiger partial charge in [0, 0.05) is 5.92 Å². The normalized spacial score (nSPS) is 18.8. The maximum atomic E-state index is 13.2. The highest BCUT2D eigenvalue weighted by atomic mass is 19.1. The van der Waals surface area contributed by atoms with E-state index >= 15 is 0 Å². The van der Waals surface area contributed by atoms with Crippen LogP contribution < -0.4 is 5.32 Å². The fraction of sp³-hybridized carbons (Fsp3) is 0.556. The average Bonchev–Trinajstić information content (AvgIpc) is 2.20. The predicted molar refractivity (Wildman–Crippen MR) is 46.8 cm³/mol. The van der Waals surface area contributed by atoms with Crippen LogP contribution in [0, 0.1) is 5.82 Å². The van der Waals surface area contributed by atoms with Gasteiger partial charge in [0.2, 0.25) is 0 Å². The summed E-state index contributed by atoms with van der Waals surface area (Å²) in [5.41, 5.74) is 0.580. The molecule has 1 aromatic heterocycles. The molecule has 0 amide bonds. The van der Waals surface area contributed by atoms with Crippen LogP contribution in [0.15, 0.2) is 12.5 Å². The quantitative estimate of drug-likeness (QED) is 0.704. The third-order valence-corrected chi connectivity index (χ3v) is 2.42. The number of piperidine rings is 1. The van der Waals surface area contributed by atoms with E-state index in [0.717, 1.165) is 25.9 Å². The van der Waals surface area contributed by atoms with E-state index in [1.54, 1.807) is 0 Å². The van der Waals surface area contributed by atoms with Crippen molar-refractivity contribution in [1.29, 1.82) is 0 Å². The molecular formula is C9H12FN3. The molecule has 3 nitrogen and oxygen atoms in total. The molecule has 0 bridgehead atoms. The summed E-state index contributed by atoms with van der Waals surface area (Å²) in [6.45, 7) is 1.90. The smallest absolute Gasteiger partial charge is 0.163 e. The minimum atomic E-state index is -0.269. The van der Waals surface area contributed by atoms with Gasteiger partial charge in [0.25, 0.3) is 0 Å². The lowest BCUT2D eigenvalue weighted by atomic mass is 9.94. The summed E-state index contributed by atoms with van der Waals surface area (Å²) in [5.74, 6) is -0.00125. The number of nitrogens with one attached hydrogen (secondary N) is 1. The van der Waals surface area contributed by atoms with Crippen LogP contribution in [0.5, 0.6) is 0 Å². The Bertz CT molecular complexity index is 284. The second kappa shape index (κ2) is 3.79. The Morgan fingerprint density at radius 1 is 1.38 bits per heavy atom. The molecule has 1 aliphatic rings. The van der Waals surface area contributed by atoms with E-state index in [1.165, 1.54) is 12.5 Å². The Kier molecular flexibility index (Phi) is 2.49. The number of rotatable bonds is 1. The molecule has 70 valence electrons. The van der Waals surface area contributed by atoms with E-state index in [2.05, 4.69) is 15.3 Å². The van der Waals surface area contributed by atoms with Crippen LogP contribution in [0.1, 0.15) is 24.5 Å². The van der Waals surface area contributed by atoms with Gasteiger partial charge in [-0.15, -0.1) is 0 Å². The monoisotopic (exact) mass is 181 g/mol. The van der Waals surface area contributed by atoms with E-state index in [-0.39, 0.29) is 11.7 Å². The van der Waals surface area contributed by atoms with Crippen molar-refractivity contribution in [3.05, 3.63) is 24.0 Å². The standard InChI is InChI=1S/C9H12FN3/c10-8-5-12-6-13-9(8)7-1-3-11-4-2-7/h5-7,11H,1-4H2. The molecule has 1 aromatic rings. The highest BCUT2D eigenvalue weighted by molar-refractivity contribution is 5.09. The second-order valence-corrected chi connectivity index (χ2v) is 3.28. The minimum absolute atomic E-state index is 0.268. The molecule has 1 aliphatic heterocycles. The Balaban J connectivity index is 2.18. The summed E-state index contributed by atoms with van der Waals surface area (Å²) < 4.78 is 13.2. The molecule has 0 aliphatic carbocycles. The van der Waals surface area contributed by atoms with Crippen molar-refractivity contribution in [2.75, 3.05) is 13.1 Å². The van der Waals surface area contributed by atoms with E-state index in [4.69, 9.17) is 0 Å². The van der Waals surface area contributed by atoms with Gasteiger partial charge in [-0.05, 0) is 25.9 Å². The van der Waals surface area contributed by atoms with Crippen molar-refractivity contribution < 1.29 is 4.39 Å². The molecule has 2 rings (SSSR count). The summed E-state index contributed by atoms with van der Waals surface area (Å²) in [7, 11) is 0. The Morgan fingerprint density at radius 3 is 2.85 bits per heavy atom. The van der Waals surface area contributed by atoms with Gasteiger partial charge in [0.1, 0.15) is 6.33 Å². The van der Waals surface area contributed by atoms with E-state index < -0.39 is 0 Å². The first-order valence-corrected chi connectivity index (χ1v) is 4.54. The third kappa shape index (κ3) is 1.83. The maximum absolute atomic E-state index is 13.2. The van der Waals surface area contributed by atoms with Crippen molar-refractivity contribution in [1.82, 2.24) is 15.3 Å². The molecule has 2 heterocycles. The van der Waals surface area contributed by atoms with Gasteiger partial charge in [-0.1, -0.05) is 0 Å². The van der Waals surface area contributed by atoms with Crippen molar-refractivity contribution in [2.45, 2.75) is 18.8 Å². The zero-order valence-electron chi connectivity index (χ0n) is 7.33. The molecular weight excluding hydrogens is 169 g/mol. The molecule has 0 saturated carbocycles. The van der Waals surface area contributed by atoms with Crippen LogP contribution in [-0.2, 0) is 0 Å². The SMILES string of the molecule is Fc1cncnc1C1CCNCC1. The Morgan fingerprint density at radius 2 is 2.15 bits per heavy atom. The molecule has 1 fully saturated rings. The van der Waals surface area contributed by atoms with Gasteiger partial charge in [-0.2, -0.15) is 0 Å².